The molecule has 7 nitrogen and oxygen atoms in total. The molecule has 182 valence electrons. The second-order valence-corrected chi connectivity index (χ2v) is 12.3. The molecule has 3 aromatic rings. The Morgan fingerprint density at radius 1 is 1.12 bits per heavy atom. The number of rotatable bonds is 7. The predicted molar refractivity (Wildman–Crippen MR) is 138 cm³/mol. The van der Waals surface area contributed by atoms with Gasteiger partial charge in [0.25, 0.3) is 5.56 Å². The first kappa shape index (κ1) is 25.2. The zero-order valence-corrected chi connectivity index (χ0v) is 22.3. The highest BCUT2D eigenvalue weighted by Crippen LogP contribution is 2.27. The van der Waals surface area contributed by atoms with Crippen molar-refractivity contribution in [2.45, 2.75) is 44.7 Å². The van der Waals surface area contributed by atoms with Gasteiger partial charge in [0.15, 0.2) is 9.84 Å². The minimum absolute atomic E-state index is 0.0679. The van der Waals surface area contributed by atoms with Crippen LogP contribution < -0.4 is 11.2 Å². The lowest BCUT2D eigenvalue weighted by Gasteiger charge is -2.17. The van der Waals surface area contributed by atoms with Crippen LogP contribution in [0.2, 0.25) is 5.02 Å². The van der Waals surface area contributed by atoms with E-state index in [1.54, 1.807) is 13.0 Å². The van der Waals surface area contributed by atoms with Crippen molar-refractivity contribution in [3.63, 3.8) is 0 Å². The van der Waals surface area contributed by atoms with Crippen molar-refractivity contribution in [1.82, 2.24) is 14.5 Å². The molecule has 1 atom stereocenters. The Kier molecular flexibility index (Phi) is 7.38. The van der Waals surface area contributed by atoms with Gasteiger partial charge < -0.3 is 4.98 Å². The summed E-state index contributed by atoms with van der Waals surface area (Å²) in [6, 6.07) is 7.97. The van der Waals surface area contributed by atoms with Crippen LogP contribution in [-0.4, -0.2) is 41.7 Å². The van der Waals surface area contributed by atoms with Gasteiger partial charge >= 0.3 is 5.69 Å². The zero-order chi connectivity index (χ0) is 24.6. The molecule has 2 aromatic carbocycles. The Labute approximate surface area is 211 Å². The number of halogens is 2. The quantitative estimate of drug-likeness (QED) is 0.462. The number of nitrogens with zero attached hydrogens (tertiary/aromatic N) is 2. The number of benzene rings is 2. The maximum atomic E-state index is 13.3. The maximum Gasteiger partial charge on any atom is 0.329 e. The number of aromatic nitrogens is 2. The average molecular weight is 569 g/mol. The summed E-state index contributed by atoms with van der Waals surface area (Å²) in [5, 5.41) is 0.680. The van der Waals surface area contributed by atoms with Crippen LogP contribution in [0.5, 0.6) is 0 Å². The van der Waals surface area contributed by atoms with E-state index in [2.05, 4.69) is 32.7 Å². The molecule has 0 bridgehead atoms. The summed E-state index contributed by atoms with van der Waals surface area (Å²) in [5.74, 6) is 0.607. The Hall–Kier alpha value is -1.94. The van der Waals surface area contributed by atoms with E-state index in [9.17, 15) is 18.0 Å². The fraction of sp³-hybridized carbons (Fsp3) is 0.417. The van der Waals surface area contributed by atoms with Crippen molar-refractivity contribution in [2.24, 2.45) is 5.92 Å². The van der Waals surface area contributed by atoms with Crippen LogP contribution in [0.4, 0.5) is 0 Å². The van der Waals surface area contributed by atoms with Crippen molar-refractivity contribution in [2.75, 3.05) is 18.8 Å². The van der Waals surface area contributed by atoms with E-state index in [-0.39, 0.29) is 17.2 Å². The van der Waals surface area contributed by atoms with E-state index in [1.165, 1.54) is 24.6 Å². The smallest absolute Gasteiger partial charge is 0.307 e. The van der Waals surface area contributed by atoms with Crippen LogP contribution >= 0.6 is 27.5 Å². The van der Waals surface area contributed by atoms with E-state index >= 15 is 0 Å². The summed E-state index contributed by atoms with van der Waals surface area (Å²) in [5.41, 5.74) is 0.679. The van der Waals surface area contributed by atoms with Crippen molar-refractivity contribution in [3.05, 3.63) is 71.8 Å². The summed E-state index contributed by atoms with van der Waals surface area (Å²) in [6.45, 7) is 6.36. The highest BCUT2D eigenvalue weighted by molar-refractivity contribution is 9.10. The van der Waals surface area contributed by atoms with E-state index < -0.39 is 21.1 Å². The van der Waals surface area contributed by atoms with Gasteiger partial charge in [-0.2, -0.15) is 0 Å². The summed E-state index contributed by atoms with van der Waals surface area (Å²) in [6.07, 6.45) is 2.35. The standard InChI is InChI=1S/C24H27BrClN3O4S/c1-3-15-7-8-28(12-15)13-16-10-21-19(11-20(16)25)23(30)29(24(31)27-21)14-17-9-18(26)5-6-22(17)34(32,33)4-2/h5-6,9-11,15H,3-4,7-8,12-14H2,1-2H3,(H,27,31)/t15-/m1/s1. The van der Waals surface area contributed by atoms with Crippen LogP contribution in [-0.2, 0) is 22.9 Å². The van der Waals surface area contributed by atoms with Crippen LogP contribution in [0, 0.1) is 5.92 Å². The molecule has 10 heteroatoms. The Bertz CT molecular complexity index is 1470. The first-order valence-electron chi connectivity index (χ1n) is 11.3. The molecule has 2 heterocycles. The zero-order valence-electron chi connectivity index (χ0n) is 19.1. The summed E-state index contributed by atoms with van der Waals surface area (Å²) in [7, 11) is -3.56. The third kappa shape index (κ3) is 5.03. The van der Waals surface area contributed by atoms with Gasteiger partial charge in [-0.25, -0.2) is 13.2 Å². The second kappa shape index (κ2) is 9.97. The fourth-order valence-corrected chi connectivity index (χ4v) is 6.29. The third-order valence-electron chi connectivity index (χ3n) is 6.56. The van der Waals surface area contributed by atoms with E-state index in [0.717, 1.165) is 40.7 Å². The van der Waals surface area contributed by atoms with Crippen LogP contribution in [0.25, 0.3) is 10.9 Å². The third-order valence-corrected chi connectivity index (χ3v) is 9.36. The van der Waals surface area contributed by atoms with Crippen molar-refractivity contribution < 1.29 is 8.42 Å². The molecule has 0 spiro atoms. The number of hydrogen-bond acceptors (Lipinski definition) is 5. The van der Waals surface area contributed by atoms with Gasteiger partial charge in [0.05, 0.1) is 28.1 Å². The molecule has 0 unspecified atom stereocenters. The monoisotopic (exact) mass is 567 g/mol. The second-order valence-electron chi connectivity index (χ2n) is 8.76. The van der Waals surface area contributed by atoms with Crippen LogP contribution in [0.1, 0.15) is 37.8 Å². The number of fused-ring (bicyclic) bond motifs is 1. The van der Waals surface area contributed by atoms with E-state index in [4.69, 9.17) is 11.6 Å². The first-order chi connectivity index (χ1) is 16.1. The van der Waals surface area contributed by atoms with E-state index in [0.29, 0.717) is 27.4 Å². The highest BCUT2D eigenvalue weighted by Gasteiger charge is 2.23. The molecule has 1 aromatic heterocycles. The Morgan fingerprint density at radius 2 is 1.88 bits per heavy atom. The lowest BCUT2D eigenvalue weighted by molar-refractivity contribution is 0.315. The van der Waals surface area contributed by atoms with Gasteiger partial charge in [-0.15, -0.1) is 0 Å². The summed E-state index contributed by atoms with van der Waals surface area (Å²) in [4.78, 5) is 31.4. The summed E-state index contributed by atoms with van der Waals surface area (Å²) < 4.78 is 26.9. The Morgan fingerprint density at radius 3 is 2.56 bits per heavy atom. The van der Waals surface area contributed by atoms with E-state index in [1.807, 2.05) is 6.07 Å². The fourth-order valence-electron chi connectivity index (χ4n) is 4.51. The molecule has 1 saturated heterocycles. The normalized spacial score (nSPS) is 17.0. The molecule has 0 aliphatic carbocycles. The van der Waals surface area contributed by atoms with Gasteiger partial charge in [-0.1, -0.05) is 47.8 Å². The molecule has 0 amide bonds. The molecular weight excluding hydrogens is 542 g/mol. The highest BCUT2D eigenvalue weighted by atomic mass is 79.9. The lowest BCUT2D eigenvalue weighted by Crippen LogP contribution is -2.35. The number of hydrogen-bond donors (Lipinski definition) is 1. The number of nitrogens with one attached hydrogen (secondary N) is 1. The molecule has 1 N–H and O–H groups in total. The first-order valence-corrected chi connectivity index (χ1v) is 14.1. The average Bonchev–Trinajstić information content (AvgIpc) is 3.25. The minimum atomic E-state index is -3.56. The van der Waals surface area contributed by atoms with Gasteiger partial charge in [0.1, 0.15) is 0 Å². The summed E-state index contributed by atoms with van der Waals surface area (Å²) >= 11 is 9.69. The van der Waals surface area contributed by atoms with Crippen LogP contribution in [0.15, 0.2) is 49.3 Å². The molecule has 0 radical (unpaired) electrons. The topological polar surface area (TPSA) is 92.2 Å². The number of H-pyrrole nitrogens is 1. The molecule has 1 aliphatic rings. The van der Waals surface area contributed by atoms with Gasteiger partial charge in [0.2, 0.25) is 0 Å². The van der Waals surface area contributed by atoms with Crippen molar-refractivity contribution >= 4 is 48.3 Å². The molecule has 1 fully saturated rings. The van der Waals surface area contributed by atoms with Gasteiger partial charge in [0, 0.05) is 22.6 Å². The maximum absolute atomic E-state index is 13.3. The van der Waals surface area contributed by atoms with Gasteiger partial charge in [-0.05, 0) is 60.3 Å². The minimum Gasteiger partial charge on any atom is -0.307 e. The molecule has 0 saturated carbocycles. The molecule has 34 heavy (non-hydrogen) atoms. The number of sulfone groups is 1. The van der Waals surface area contributed by atoms with Crippen molar-refractivity contribution in [3.8, 4) is 0 Å². The van der Waals surface area contributed by atoms with Crippen molar-refractivity contribution in [1.29, 1.82) is 0 Å². The predicted octanol–water partition coefficient (Wildman–Crippen LogP) is 4.18. The molecular formula is C24H27BrClN3O4S. The SMILES string of the molecule is CC[C@@H]1CCN(Cc2cc3[nH]c(=O)n(Cc4cc(Cl)ccc4S(=O)(=O)CC)c(=O)c3cc2Br)C1. The number of aromatic amines is 1. The number of likely N-dealkylation sites (tertiary alicyclic amines) is 1. The van der Waals surface area contributed by atoms with Crippen LogP contribution in [0.3, 0.4) is 0 Å². The largest absolute Gasteiger partial charge is 0.329 e. The molecule has 1 aliphatic heterocycles. The lowest BCUT2D eigenvalue weighted by atomic mass is 10.1. The Balaban J connectivity index is 1.74. The van der Waals surface area contributed by atoms with Gasteiger partial charge in [-0.3, -0.25) is 14.3 Å². The molecule has 4 rings (SSSR count).